The van der Waals surface area contributed by atoms with Crippen molar-refractivity contribution in [3.05, 3.63) is 35.7 Å². The molecule has 0 radical (unpaired) electrons. The average molecular weight is 372 g/mol. The molecule has 5 nitrogen and oxygen atoms in total. The third-order valence-electron chi connectivity index (χ3n) is 3.58. The molecule has 2 rings (SSSR count). The normalized spacial score (nSPS) is 13.1. The summed E-state index contributed by atoms with van der Waals surface area (Å²) in [6, 6.07) is 7.43. The Morgan fingerprint density at radius 2 is 1.84 bits per heavy atom. The zero-order chi connectivity index (χ0) is 18.8. The maximum atomic E-state index is 12.8. The molecule has 9 heteroatoms. The molecular formula is C16H19F3N4OS. The number of nitrogens with zero attached hydrogens (tertiary/aromatic N) is 3. The summed E-state index contributed by atoms with van der Waals surface area (Å²) in [6.45, 7) is 5.64. The Labute approximate surface area is 148 Å². The Morgan fingerprint density at radius 3 is 2.40 bits per heavy atom. The van der Waals surface area contributed by atoms with Gasteiger partial charge in [0.2, 0.25) is 11.7 Å². The van der Waals surface area contributed by atoms with Gasteiger partial charge in [0.1, 0.15) is 0 Å². The smallest absolute Gasteiger partial charge is 0.325 e. The maximum Gasteiger partial charge on any atom is 0.451 e. The summed E-state index contributed by atoms with van der Waals surface area (Å²) >= 11 is 0.926. The topological polar surface area (TPSA) is 59.8 Å². The monoisotopic (exact) mass is 372 g/mol. The second-order valence-electron chi connectivity index (χ2n) is 5.85. The third-order valence-corrected chi connectivity index (χ3v) is 4.71. The lowest BCUT2D eigenvalue weighted by atomic mass is 10.0. The molecule has 0 spiro atoms. The lowest BCUT2D eigenvalue weighted by molar-refractivity contribution is -0.147. The van der Waals surface area contributed by atoms with Crippen LogP contribution in [0.15, 0.2) is 29.4 Å². The van der Waals surface area contributed by atoms with Gasteiger partial charge in [-0.2, -0.15) is 13.2 Å². The van der Waals surface area contributed by atoms with Gasteiger partial charge >= 0.3 is 6.18 Å². The maximum absolute atomic E-state index is 12.8. The van der Waals surface area contributed by atoms with Crippen molar-refractivity contribution >= 4 is 23.4 Å². The first-order valence-corrected chi connectivity index (χ1v) is 8.52. The Bertz CT molecular complexity index is 758. The van der Waals surface area contributed by atoms with Crippen LogP contribution in [-0.2, 0) is 18.0 Å². The van der Waals surface area contributed by atoms with E-state index in [0.717, 1.165) is 21.9 Å². The summed E-state index contributed by atoms with van der Waals surface area (Å²) in [6.07, 6.45) is -4.58. The molecule has 1 heterocycles. The number of nitrogens with one attached hydrogen (secondary N) is 1. The largest absolute Gasteiger partial charge is 0.451 e. The molecule has 1 amide bonds. The number of benzene rings is 1. The first-order valence-electron chi connectivity index (χ1n) is 7.64. The van der Waals surface area contributed by atoms with Gasteiger partial charge in [-0.3, -0.25) is 4.79 Å². The number of para-hydroxylation sites is 1. The van der Waals surface area contributed by atoms with E-state index in [1.54, 1.807) is 13.0 Å². The van der Waals surface area contributed by atoms with Crippen LogP contribution in [0.4, 0.5) is 18.9 Å². The van der Waals surface area contributed by atoms with Gasteiger partial charge in [0, 0.05) is 12.7 Å². The zero-order valence-corrected chi connectivity index (χ0v) is 15.1. The second kappa shape index (κ2) is 7.47. The van der Waals surface area contributed by atoms with Gasteiger partial charge in [0.05, 0.1) is 5.25 Å². The van der Waals surface area contributed by atoms with Gasteiger partial charge in [0.15, 0.2) is 5.16 Å². The third kappa shape index (κ3) is 4.53. The van der Waals surface area contributed by atoms with Crippen LogP contribution >= 0.6 is 11.8 Å². The molecule has 1 atom stereocenters. The van der Waals surface area contributed by atoms with Crippen LogP contribution in [0.5, 0.6) is 0 Å². The predicted octanol–water partition coefficient (Wildman–Crippen LogP) is 4.08. The number of amides is 1. The van der Waals surface area contributed by atoms with Crippen molar-refractivity contribution in [3.8, 4) is 0 Å². The van der Waals surface area contributed by atoms with Crippen molar-refractivity contribution in [3.63, 3.8) is 0 Å². The molecule has 0 saturated heterocycles. The van der Waals surface area contributed by atoms with Crippen LogP contribution in [0.1, 0.15) is 38.1 Å². The second-order valence-corrected chi connectivity index (χ2v) is 7.16. The van der Waals surface area contributed by atoms with E-state index >= 15 is 0 Å². The van der Waals surface area contributed by atoms with E-state index in [0.29, 0.717) is 5.69 Å². The molecule has 1 aromatic carbocycles. The van der Waals surface area contributed by atoms with Crippen molar-refractivity contribution in [1.82, 2.24) is 14.8 Å². The number of carbonyl (C=O) groups is 1. The fourth-order valence-corrected chi connectivity index (χ4v) is 3.04. The predicted molar refractivity (Wildman–Crippen MR) is 90.5 cm³/mol. The number of hydrogen-bond donors (Lipinski definition) is 1. The van der Waals surface area contributed by atoms with E-state index in [1.165, 1.54) is 7.05 Å². The minimum atomic E-state index is -4.58. The Balaban J connectivity index is 2.11. The number of halogens is 3. The molecule has 25 heavy (non-hydrogen) atoms. The Hall–Kier alpha value is -2.03. The molecule has 1 N–H and O–H groups in total. The van der Waals surface area contributed by atoms with Gasteiger partial charge in [-0.25, -0.2) is 0 Å². The van der Waals surface area contributed by atoms with Gasteiger partial charge in [-0.1, -0.05) is 43.8 Å². The van der Waals surface area contributed by atoms with Crippen molar-refractivity contribution in [2.75, 3.05) is 5.32 Å². The summed E-state index contributed by atoms with van der Waals surface area (Å²) in [7, 11) is 1.23. The molecule has 0 aliphatic heterocycles. The van der Waals surface area contributed by atoms with Crippen LogP contribution in [0.2, 0.25) is 0 Å². The number of hydrogen-bond acceptors (Lipinski definition) is 4. The van der Waals surface area contributed by atoms with Crippen LogP contribution in [0.25, 0.3) is 0 Å². The van der Waals surface area contributed by atoms with Crippen molar-refractivity contribution in [2.24, 2.45) is 7.05 Å². The quantitative estimate of drug-likeness (QED) is 0.804. The number of aromatic nitrogens is 3. The summed E-state index contributed by atoms with van der Waals surface area (Å²) < 4.78 is 39.1. The van der Waals surface area contributed by atoms with Crippen LogP contribution < -0.4 is 5.32 Å². The zero-order valence-electron chi connectivity index (χ0n) is 14.3. The molecule has 1 aromatic heterocycles. The van der Waals surface area contributed by atoms with E-state index in [4.69, 9.17) is 0 Å². The number of rotatable bonds is 5. The lowest BCUT2D eigenvalue weighted by Gasteiger charge is -2.16. The highest BCUT2D eigenvalue weighted by Crippen LogP contribution is 2.31. The number of thioether (sulfide) groups is 1. The minimum absolute atomic E-state index is 0.0344. The molecule has 0 bridgehead atoms. The van der Waals surface area contributed by atoms with Gasteiger partial charge < -0.3 is 9.88 Å². The highest BCUT2D eigenvalue weighted by molar-refractivity contribution is 8.00. The van der Waals surface area contributed by atoms with E-state index in [-0.39, 0.29) is 17.0 Å². The average Bonchev–Trinajstić information content (AvgIpc) is 2.88. The van der Waals surface area contributed by atoms with E-state index in [9.17, 15) is 18.0 Å². The van der Waals surface area contributed by atoms with E-state index in [2.05, 4.69) is 15.5 Å². The van der Waals surface area contributed by atoms with Crippen LogP contribution in [-0.4, -0.2) is 25.9 Å². The molecular weight excluding hydrogens is 353 g/mol. The van der Waals surface area contributed by atoms with Crippen molar-refractivity contribution in [1.29, 1.82) is 0 Å². The Kier molecular flexibility index (Phi) is 5.76. The van der Waals surface area contributed by atoms with Gasteiger partial charge in [-0.15, -0.1) is 10.2 Å². The van der Waals surface area contributed by atoms with E-state index in [1.807, 2.05) is 32.0 Å². The van der Waals surface area contributed by atoms with Crippen LogP contribution in [0.3, 0.4) is 0 Å². The summed E-state index contributed by atoms with van der Waals surface area (Å²) in [5.74, 6) is -1.17. The summed E-state index contributed by atoms with van der Waals surface area (Å²) in [5, 5.41) is 8.92. The number of carbonyl (C=O) groups excluding carboxylic acids is 1. The molecule has 0 aliphatic carbocycles. The first-order chi connectivity index (χ1) is 11.6. The highest BCUT2D eigenvalue weighted by Gasteiger charge is 2.37. The molecule has 0 unspecified atom stereocenters. The van der Waals surface area contributed by atoms with Gasteiger partial charge in [0.25, 0.3) is 0 Å². The molecule has 136 valence electrons. The van der Waals surface area contributed by atoms with Gasteiger partial charge in [-0.05, 0) is 24.5 Å². The van der Waals surface area contributed by atoms with Crippen LogP contribution in [0, 0.1) is 0 Å². The van der Waals surface area contributed by atoms with Crippen molar-refractivity contribution < 1.29 is 18.0 Å². The number of alkyl halides is 3. The highest BCUT2D eigenvalue weighted by atomic mass is 32.2. The fourth-order valence-electron chi connectivity index (χ4n) is 2.22. The molecule has 0 saturated carbocycles. The number of anilines is 1. The molecule has 2 aromatic rings. The summed E-state index contributed by atoms with van der Waals surface area (Å²) in [5.41, 5.74) is 1.69. The lowest BCUT2D eigenvalue weighted by Crippen LogP contribution is -2.23. The molecule has 0 aliphatic rings. The molecule has 0 fully saturated rings. The SMILES string of the molecule is CC(C)c1ccccc1NC(=O)[C@@H](C)Sc1nnc(C(F)(F)F)n1C. The summed E-state index contributed by atoms with van der Waals surface area (Å²) in [4.78, 5) is 12.4. The standard InChI is InChI=1S/C16H19F3N4OS/c1-9(2)11-7-5-6-8-12(11)20-13(24)10(3)25-15-22-21-14(23(15)4)16(17,18)19/h5-10H,1-4H3,(H,20,24)/t10-/m1/s1. The minimum Gasteiger partial charge on any atom is -0.325 e. The Morgan fingerprint density at radius 1 is 1.20 bits per heavy atom. The fraction of sp³-hybridized carbons (Fsp3) is 0.438. The first kappa shape index (κ1) is 19.3. The van der Waals surface area contributed by atoms with E-state index < -0.39 is 17.3 Å². The van der Waals surface area contributed by atoms with Crippen molar-refractivity contribution in [2.45, 2.75) is 43.3 Å².